The normalized spacial score (nSPS) is 19.4. The number of carbonyl (C=O) groups excluding carboxylic acids is 1. The number of carboxylic acid groups (broad SMARTS) is 1. The van der Waals surface area contributed by atoms with Crippen molar-refractivity contribution in [2.24, 2.45) is 0 Å². The molecule has 0 saturated carbocycles. The van der Waals surface area contributed by atoms with Gasteiger partial charge in [0.05, 0.1) is 0 Å². The topological polar surface area (TPSA) is 116 Å². The number of amides is 1. The zero-order valence-corrected chi connectivity index (χ0v) is 15.0. The number of phenols is 1. The molecule has 2 heterocycles. The zero-order chi connectivity index (χ0) is 19.4. The van der Waals surface area contributed by atoms with Crippen LogP contribution in [0.3, 0.4) is 0 Å². The number of aromatic hydroxyl groups is 1. The van der Waals surface area contributed by atoms with E-state index in [1.54, 1.807) is 11.0 Å². The van der Waals surface area contributed by atoms with Crippen LogP contribution in [0.5, 0.6) is 11.5 Å². The summed E-state index contributed by atoms with van der Waals surface area (Å²) in [6.07, 6.45) is 2.73. The number of benzene rings is 1. The summed E-state index contributed by atoms with van der Waals surface area (Å²) in [4.78, 5) is 25.5. The van der Waals surface area contributed by atoms with E-state index >= 15 is 0 Å². The summed E-state index contributed by atoms with van der Waals surface area (Å²) in [7, 11) is 0.714. The molecule has 0 spiro atoms. The Morgan fingerprint density at radius 3 is 2.74 bits per heavy atom. The second kappa shape index (κ2) is 8.52. The molecule has 1 atom stereocenters. The number of nitrogens with one attached hydrogen (secondary N) is 1. The van der Waals surface area contributed by atoms with Crippen molar-refractivity contribution in [1.29, 1.82) is 0 Å². The standard InChI is InChI=1S/C18H23BN2O6/c22-15(8-12-2-1-7-20-12)21-9-13(10-21)27-14-4-3-11(5-6-19-26)17(23)16(14)18(24)25/h3-4,12-13,20,23H,1-2,5-10H2,(H,24,25)/t12-/m0/s1. The molecule has 3 rings (SSSR count). The van der Waals surface area contributed by atoms with Crippen LogP contribution in [0.2, 0.25) is 6.32 Å². The molecule has 2 aliphatic rings. The van der Waals surface area contributed by atoms with Crippen LogP contribution in [-0.2, 0) is 15.9 Å². The van der Waals surface area contributed by atoms with E-state index in [1.807, 2.05) is 0 Å². The van der Waals surface area contributed by atoms with Crippen LogP contribution < -0.4 is 10.1 Å². The third kappa shape index (κ3) is 4.47. The number of carbonyl (C=O) groups is 2. The van der Waals surface area contributed by atoms with Gasteiger partial charge in [0.25, 0.3) is 0 Å². The van der Waals surface area contributed by atoms with E-state index in [-0.39, 0.29) is 47.9 Å². The van der Waals surface area contributed by atoms with Gasteiger partial charge in [-0.2, -0.15) is 0 Å². The number of rotatable bonds is 8. The van der Waals surface area contributed by atoms with Gasteiger partial charge in [-0.15, -0.1) is 0 Å². The molecular formula is C18H23BN2O6. The zero-order valence-electron chi connectivity index (χ0n) is 15.0. The molecule has 0 bridgehead atoms. The van der Waals surface area contributed by atoms with Crippen LogP contribution in [0.15, 0.2) is 12.1 Å². The van der Waals surface area contributed by atoms with Crippen LogP contribution in [0.4, 0.5) is 0 Å². The molecule has 0 aromatic heterocycles. The summed E-state index contributed by atoms with van der Waals surface area (Å²) in [5, 5.41) is 22.9. The first kappa shape index (κ1) is 19.3. The van der Waals surface area contributed by atoms with Gasteiger partial charge in [0.2, 0.25) is 0 Å². The maximum absolute atomic E-state index is 12.2. The van der Waals surface area contributed by atoms with E-state index in [4.69, 9.17) is 4.74 Å². The number of aryl methyl sites for hydroxylation is 1. The Kier molecular flexibility index (Phi) is 6.10. The van der Waals surface area contributed by atoms with Crippen molar-refractivity contribution in [1.82, 2.24) is 10.2 Å². The molecule has 9 heteroatoms. The van der Waals surface area contributed by atoms with Gasteiger partial charge in [-0.05, 0) is 19.4 Å². The van der Waals surface area contributed by atoms with Crippen molar-refractivity contribution >= 4 is 19.0 Å². The third-order valence-corrected chi connectivity index (χ3v) is 5.05. The Balaban J connectivity index is 1.59. The summed E-state index contributed by atoms with van der Waals surface area (Å²) in [5.41, 5.74) is 0.0830. The van der Waals surface area contributed by atoms with E-state index in [0.29, 0.717) is 32.2 Å². The number of carboxylic acids is 1. The molecule has 8 nitrogen and oxygen atoms in total. The van der Waals surface area contributed by atoms with E-state index in [2.05, 4.69) is 5.32 Å². The first-order valence-corrected chi connectivity index (χ1v) is 9.19. The summed E-state index contributed by atoms with van der Waals surface area (Å²) >= 11 is 0. The van der Waals surface area contributed by atoms with Gasteiger partial charge in [-0.3, -0.25) is 0 Å². The Hall–Kier alpha value is -2.42. The van der Waals surface area contributed by atoms with Gasteiger partial charge in [-0.1, -0.05) is 0 Å². The SMILES string of the molecule is O=BCCc1ccc(OC2CN(C(=O)C[C@@H]3CCCN3)C2)c(C(=O)O)c1O. The molecule has 3 N–H and O–H groups in total. The van der Waals surface area contributed by atoms with Crippen LogP contribution in [-0.4, -0.2) is 65.9 Å². The Morgan fingerprint density at radius 2 is 2.11 bits per heavy atom. The first-order valence-electron chi connectivity index (χ1n) is 9.19. The number of nitrogens with zero attached hydrogens (tertiary/aromatic N) is 1. The molecule has 144 valence electrons. The fourth-order valence-corrected chi connectivity index (χ4v) is 3.50. The van der Waals surface area contributed by atoms with Crippen LogP contribution in [0.25, 0.3) is 0 Å². The minimum absolute atomic E-state index is 0.0692. The summed E-state index contributed by atoms with van der Waals surface area (Å²) in [6.45, 7) is 1.75. The molecule has 2 aliphatic heterocycles. The van der Waals surface area contributed by atoms with Crippen molar-refractivity contribution in [2.75, 3.05) is 19.6 Å². The molecule has 2 fully saturated rings. The summed E-state index contributed by atoms with van der Waals surface area (Å²) in [5.74, 6) is -1.53. The number of likely N-dealkylation sites (tertiary alicyclic amines) is 1. The number of ether oxygens (including phenoxy) is 1. The van der Waals surface area contributed by atoms with Gasteiger partial charge in [0, 0.05) is 6.04 Å². The predicted octanol–water partition coefficient (Wildman–Crippen LogP) is 0.833. The molecule has 0 radical (unpaired) electrons. The quantitative estimate of drug-likeness (QED) is 0.577. The molecule has 1 amide bonds. The number of hydrogen-bond donors (Lipinski definition) is 3. The average Bonchev–Trinajstić information content (AvgIpc) is 3.09. The van der Waals surface area contributed by atoms with E-state index in [9.17, 15) is 24.5 Å². The van der Waals surface area contributed by atoms with Crippen LogP contribution in [0.1, 0.15) is 35.2 Å². The van der Waals surface area contributed by atoms with Crippen molar-refractivity contribution in [3.05, 3.63) is 23.3 Å². The van der Waals surface area contributed by atoms with Crippen molar-refractivity contribution < 1.29 is 29.2 Å². The van der Waals surface area contributed by atoms with Crippen LogP contribution >= 0.6 is 0 Å². The Morgan fingerprint density at radius 1 is 1.33 bits per heavy atom. The molecule has 1 aromatic rings. The van der Waals surface area contributed by atoms with Crippen molar-refractivity contribution in [3.63, 3.8) is 0 Å². The number of hydrogen-bond acceptors (Lipinski definition) is 6. The summed E-state index contributed by atoms with van der Waals surface area (Å²) in [6, 6.07) is 3.30. The molecule has 2 saturated heterocycles. The second-order valence-electron chi connectivity index (χ2n) is 6.99. The van der Waals surface area contributed by atoms with Gasteiger partial charge < -0.3 is 5.32 Å². The summed E-state index contributed by atoms with van der Waals surface area (Å²) < 4.78 is 16.2. The Labute approximate surface area is 157 Å². The molecule has 0 unspecified atom stereocenters. The fourth-order valence-electron chi connectivity index (χ4n) is 3.50. The third-order valence-electron chi connectivity index (χ3n) is 5.05. The average molecular weight is 374 g/mol. The maximum atomic E-state index is 12.2. The number of aromatic carboxylic acids is 1. The van der Waals surface area contributed by atoms with E-state index in [0.717, 1.165) is 19.4 Å². The molecule has 1 aromatic carbocycles. The van der Waals surface area contributed by atoms with Gasteiger partial charge in [0.15, 0.2) is 0 Å². The minimum atomic E-state index is -1.30. The predicted molar refractivity (Wildman–Crippen MR) is 96.7 cm³/mol. The molecule has 27 heavy (non-hydrogen) atoms. The van der Waals surface area contributed by atoms with Gasteiger partial charge in [-0.25, -0.2) is 0 Å². The monoisotopic (exact) mass is 374 g/mol. The van der Waals surface area contributed by atoms with E-state index < -0.39 is 5.97 Å². The Bertz CT molecular complexity index is 729. The van der Waals surface area contributed by atoms with Crippen molar-refractivity contribution in [3.8, 4) is 11.5 Å². The first-order chi connectivity index (χ1) is 13.0. The van der Waals surface area contributed by atoms with Gasteiger partial charge in [0.1, 0.15) is 0 Å². The van der Waals surface area contributed by atoms with Gasteiger partial charge >= 0.3 is 126 Å². The van der Waals surface area contributed by atoms with E-state index in [1.165, 1.54) is 6.07 Å². The fraction of sp³-hybridized carbons (Fsp3) is 0.556. The van der Waals surface area contributed by atoms with Crippen molar-refractivity contribution in [2.45, 2.75) is 44.1 Å². The van der Waals surface area contributed by atoms with Crippen LogP contribution in [0, 0.1) is 0 Å². The second-order valence-corrected chi connectivity index (χ2v) is 6.99. The molecular weight excluding hydrogens is 351 g/mol. The molecule has 0 aliphatic carbocycles.